The molecule has 1 saturated carbocycles. The summed E-state index contributed by atoms with van der Waals surface area (Å²) in [6.07, 6.45) is 3.64. The summed E-state index contributed by atoms with van der Waals surface area (Å²) in [7, 11) is -2.98. The summed E-state index contributed by atoms with van der Waals surface area (Å²) in [6, 6.07) is 0. The van der Waals surface area contributed by atoms with Crippen molar-refractivity contribution in [1.29, 1.82) is 0 Å². The average molecular weight is 291 g/mol. The molecule has 0 heterocycles. The number of rotatable bonds is 6. The Morgan fingerprint density at radius 2 is 1.68 bits per heavy atom. The van der Waals surface area contributed by atoms with Crippen LogP contribution in [-0.2, 0) is 9.84 Å². The van der Waals surface area contributed by atoms with Crippen molar-refractivity contribution in [3.05, 3.63) is 0 Å². The molecule has 4 nitrogen and oxygen atoms in total. The zero-order valence-electron chi connectivity index (χ0n) is 12.7. The SMILES string of the molecule is CC(C)S(=O)(=O)CCNCC1(O)CCC(C)(C)CC1. The van der Waals surface area contributed by atoms with E-state index in [2.05, 4.69) is 19.2 Å². The lowest BCUT2D eigenvalue weighted by Crippen LogP contribution is -2.46. The summed E-state index contributed by atoms with van der Waals surface area (Å²) in [5.41, 5.74) is -0.329. The average Bonchev–Trinajstić information content (AvgIpc) is 2.29. The first-order chi connectivity index (χ1) is 8.56. The molecule has 5 heteroatoms. The predicted molar refractivity (Wildman–Crippen MR) is 79.0 cm³/mol. The number of sulfone groups is 1. The summed E-state index contributed by atoms with van der Waals surface area (Å²) in [5.74, 6) is 0.145. The molecule has 1 rings (SSSR count). The van der Waals surface area contributed by atoms with Gasteiger partial charge in [-0.2, -0.15) is 0 Å². The monoisotopic (exact) mass is 291 g/mol. The molecule has 0 saturated heterocycles. The molecule has 0 bridgehead atoms. The minimum Gasteiger partial charge on any atom is -0.389 e. The zero-order chi connectivity index (χ0) is 14.7. The minimum absolute atomic E-state index is 0.145. The van der Waals surface area contributed by atoms with E-state index in [9.17, 15) is 13.5 Å². The van der Waals surface area contributed by atoms with E-state index >= 15 is 0 Å². The van der Waals surface area contributed by atoms with Crippen LogP contribution in [0.3, 0.4) is 0 Å². The summed E-state index contributed by atoms with van der Waals surface area (Å²) < 4.78 is 23.3. The third kappa shape index (κ3) is 5.40. The van der Waals surface area contributed by atoms with Gasteiger partial charge in [0.15, 0.2) is 9.84 Å². The Labute approximate surface area is 117 Å². The Kier molecular flexibility index (Phi) is 5.43. The maximum atomic E-state index is 11.6. The van der Waals surface area contributed by atoms with Crippen molar-refractivity contribution in [2.75, 3.05) is 18.8 Å². The van der Waals surface area contributed by atoms with Crippen molar-refractivity contribution in [2.24, 2.45) is 5.41 Å². The zero-order valence-corrected chi connectivity index (χ0v) is 13.5. The van der Waals surface area contributed by atoms with Crippen LogP contribution in [0.5, 0.6) is 0 Å². The summed E-state index contributed by atoms with van der Waals surface area (Å²) in [4.78, 5) is 0. The number of hydrogen-bond acceptors (Lipinski definition) is 4. The number of aliphatic hydroxyl groups is 1. The van der Waals surface area contributed by atoms with Gasteiger partial charge in [0.05, 0.1) is 16.6 Å². The van der Waals surface area contributed by atoms with Crippen LogP contribution in [0.1, 0.15) is 53.4 Å². The first-order valence-corrected chi connectivity index (χ1v) is 8.93. The smallest absolute Gasteiger partial charge is 0.153 e. The van der Waals surface area contributed by atoms with Gasteiger partial charge in [0.1, 0.15) is 0 Å². The lowest BCUT2D eigenvalue weighted by molar-refractivity contribution is -0.0238. The second-order valence-electron chi connectivity index (χ2n) is 6.98. The van der Waals surface area contributed by atoms with Crippen LogP contribution < -0.4 is 5.32 Å². The van der Waals surface area contributed by atoms with Gasteiger partial charge in [-0.15, -0.1) is 0 Å². The molecule has 2 N–H and O–H groups in total. The van der Waals surface area contributed by atoms with Crippen LogP contribution >= 0.6 is 0 Å². The van der Waals surface area contributed by atoms with Crippen molar-refractivity contribution < 1.29 is 13.5 Å². The summed E-state index contributed by atoms with van der Waals surface area (Å²) in [6.45, 7) is 8.78. The van der Waals surface area contributed by atoms with Crippen LogP contribution in [0.15, 0.2) is 0 Å². The Morgan fingerprint density at radius 1 is 1.16 bits per heavy atom. The normalized spacial score (nSPS) is 22.6. The van der Waals surface area contributed by atoms with Crippen molar-refractivity contribution in [1.82, 2.24) is 5.32 Å². The van der Waals surface area contributed by atoms with Crippen LogP contribution in [0.4, 0.5) is 0 Å². The molecule has 1 fully saturated rings. The Balaban J connectivity index is 2.30. The summed E-state index contributed by atoms with van der Waals surface area (Å²) in [5, 5.41) is 13.2. The first-order valence-electron chi connectivity index (χ1n) is 7.21. The maximum Gasteiger partial charge on any atom is 0.153 e. The fraction of sp³-hybridized carbons (Fsp3) is 1.00. The molecular formula is C14H29NO3S. The minimum atomic E-state index is -2.98. The van der Waals surface area contributed by atoms with Crippen molar-refractivity contribution in [3.8, 4) is 0 Å². The van der Waals surface area contributed by atoms with Gasteiger partial charge in [0, 0.05) is 13.1 Å². The largest absolute Gasteiger partial charge is 0.389 e. The predicted octanol–water partition coefficient (Wildman–Crippen LogP) is 1.73. The van der Waals surface area contributed by atoms with Gasteiger partial charge in [-0.25, -0.2) is 8.42 Å². The molecule has 0 aromatic carbocycles. The van der Waals surface area contributed by atoms with Crippen LogP contribution in [-0.4, -0.2) is 43.2 Å². The quantitative estimate of drug-likeness (QED) is 0.731. The lowest BCUT2D eigenvalue weighted by atomic mass is 9.71. The Hall–Kier alpha value is -0.130. The van der Waals surface area contributed by atoms with Crippen LogP contribution in [0, 0.1) is 5.41 Å². The fourth-order valence-corrected chi connectivity index (χ4v) is 3.24. The van der Waals surface area contributed by atoms with Gasteiger partial charge in [0.25, 0.3) is 0 Å². The third-order valence-corrected chi connectivity index (χ3v) is 6.48. The molecule has 0 atom stereocenters. The topological polar surface area (TPSA) is 66.4 Å². The van der Waals surface area contributed by atoms with Gasteiger partial charge in [-0.1, -0.05) is 13.8 Å². The highest BCUT2D eigenvalue weighted by atomic mass is 32.2. The van der Waals surface area contributed by atoms with Gasteiger partial charge in [0.2, 0.25) is 0 Å². The Bertz CT molecular complexity index is 377. The third-order valence-electron chi connectivity index (χ3n) is 4.27. The van der Waals surface area contributed by atoms with E-state index in [1.54, 1.807) is 13.8 Å². The van der Waals surface area contributed by atoms with E-state index in [1.807, 2.05) is 0 Å². The maximum absolute atomic E-state index is 11.6. The highest BCUT2D eigenvalue weighted by molar-refractivity contribution is 7.92. The van der Waals surface area contributed by atoms with Crippen molar-refractivity contribution in [2.45, 2.75) is 64.2 Å². The van der Waals surface area contributed by atoms with Gasteiger partial charge >= 0.3 is 0 Å². The van der Waals surface area contributed by atoms with E-state index < -0.39 is 15.4 Å². The van der Waals surface area contributed by atoms with Crippen molar-refractivity contribution in [3.63, 3.8) is 0 Å². The molecule has 0 aromatic rings. The molecule has 19 heavy (non-hydrogen) atoms. The molecular weight excluding hydrogens is 262 g/mol. The lowest BCUT2D eigenvalue weighted by Gasteiger charge is -2.40. The summed E-state index contributed by atoms with van der Waals surface area (Å²) >= 11 is 0. The molecule has 1 aliphatic rings. The number of nitrogens with one attached hydrogen (secondary N) is 1. The first kappa shape index (κ1) is 16.9. The van der Waals surface area contributed by atoms with Gasteiger partial charge in [-0.05, 0) is 44.9 Å². The highest BCUT2D eigenvalue weighted by Gasteiger charge is 2.36. The van der Waals surface area contributed by atoms with E-state index in [-0.39, 0.29) is 11.0 Å². The molecule has 0 spiro atoms. The molecule has 1 aliphatic carbocycles. The molecule has 0 radical (unpaired) electrons. The van der Waals surface area contributed by atoms with Gasteiger partial charge in [-0.3, -0.25) is 0 Å². The molecule has 0 aromatic heterocycles. The van der Waals surface area contributed by atoms with E-state index in [0.29, 0.717) is 18.5 Å². The van der Waals surface area contributed by atoms with E-state index in [4.69, 9.17) is 0 Å². The standard InChI is InChI=1S/C14H29NO3S/c1-12(2)19(17,18)10-9-15-11-14(16)7-5-13(3,4)6-8-14/h12,15-16H,5-11H2,1-4H3. The Morgan fingerprint density at radius 3 is 2.16 bits per heavy atom. The number of hydrogen-bond donors (Lipinski definition) is 2. The van der Waals surface area contributed by atoms with Crippen molar-refractivity contribution >= 4 is 9.84 Å². The van der Waals surface area contributed by atoms with E-state index in [0.717, 1.165) is 25.7 Å². The van der Waals surface area contributed by atoms with Crippen LogP contribution in [0.25, 0.3) is 0 Å². The fourth-order valence-electron chi connectivity index (χ4n) is 2.34. The molecule has 0 amide bonds. The second-order valence-corrected chi connectivity index (χ2v) is 9.66. The van der Waals surface area contributed by atoms with Gasteiger partial charge < -0.3 is 10.4 Å². The molecule has 114 valence electrons. The molecule has 0 unspecified atom stereocenters. The highest BCUT2D eigenvalue weighted by Crippen LogP contribution is 2.39. The molecule has 0 aliphatic heterocycles. The second kappa shape index (κ2) is 6.10. The van der Waals surface area contributed by atoms with Crippen LogP contribution in [0.2, 0.25) is 0 Å². The van der Waals surface area contributed by atoms with E-state index in [1.165, 1.54) is 0 Å².